The van der Waals surface area contributed by atoms with Gasteiger partial charge in [-0.3, -0.25) is 14.9 Å². The van der Waals surface area contributed by atoms with Crippen molar-refractivity contribution in [2.24, 2.45) is 0 Å². The van der Waals surface area contributed by atoms with Crippen LogP contribution < -0.4 is 10.1 Å². The van der Waals surface area contributed by atoms with Crippen molar-refractivity contribution in [2.75, 3.05) is 7.11 Å². The molecule has 0 aliphatic carbocycles. The summed E-state index contributed by atoms with van der Waals surface area (Å²) in [4.78, 5) is 24.4. The Labute approximate surface area is 142 Å². The summed E-state index contributed by atoms with van der Waals surface area (Å²) in [6.45, 7) is 0. The van der Waals surface area contributed by atoms with Gasteiger partial charge in [-0.2, -0.15) is 0 Å². The van der Waals surface area contributed by atoms with Gasteiger partial charge in [0.25, 0.3) is 11.8 Å². The molecule has 1 aliphatic rings. The molecule has 7 nitrogen and oxygen atoms in total. The van der Waals surface area contributed by atoms with Crippen LogP contribution in [0.15, 0.2) is 48.0 Å². The minimum Gasteiger partial charge on any atom is -0.508 e. The van der Waals surface area contributed by atoms with Gasteiger partial charge in [-0.25, -0.2) is 0 Å². The van der Waals surface area contributed by atoms with E-state index in [4.69, 9.17) is 4.74 Å². The zero-order chi connectivity index (χ0) is 18.2. The van der Waals surface area contributed by atoms with E-state index in [-0.39, 0.29) is 28.4 Å². The summed E-state index contributed by atoms with van der Waals surface area (Å²) in [6, 6.07) is 9.69. The number of hydrogen-bond acceptors (Lipinski definition) is 6. The smallest absolute Gasteiger partial charge is 0.268 e. The number of imide groups is 1. The molecule has 25 heavy (non-hydrogen) atoms. The minimum absolute atomic E-state index is 0.0362. The molecule has 1 aliphatic heterocycles. The van der Waals surface area contributed by atoms with Crippen molar-refractivity contribution in [3.8, 4) is 17.2 Å². The lowest BCUT2D eigenvalue weighted by atomic mass is 9.86. The fourth-order valence-corrected chi connectivity index (χ4v) is 2.66. The summed E-state index contributed by atoms with van der Waals surface area (Å²) in [5.74, 6) is -1.53. The largest absolute Gasteiger partial charge is 0.508 e. The van der Waals surface area contributed by atoms with Crippen LogP contribution in [0.4, 0.5) is 0 Å². The van der Waals surface area contributed by atoms with E-state index in [0.717, 1.165) is 0 Å². The molecule has 1 heterocycles. The summed E-state index contributed by atoms with van der Waals surface area (Å²) in [6.07, 6.45) is 1.34. The second kappa shape index (κ2) is 5.95. The van der Waals surface area contributed by atoms with Gasteiger partial charge in [-0.05, 0) is 41.5 Å². The van der Waals surface area contributed by atoms with Crippen molar-refractivity contribution in [2.45, 2.75) is 5.60 Å². The lowest BCUT2D eigenvalue weighted by Gasteiger charge is -2.21. The number of phenolic OH excluding ortho intramolecular Hbond substituents is 2. The Hall–Kier alpha value is -3.32. The highest BCUT2D eigenvalue weighted by Gasteiger charge is 2.51. The van der Waals surface area contributed by atoms with E-state index in [9.17, 15) is 24.9 Å². The molecule has 1 fully saturated rings. The number of aromatic hydroxyl groups is 2. The molecule has 0 aromatic heterocycles. The molecular formula is C18H15NO6. The SMILES string of the molecule is COc1cc(/C=C2/C(=O)NC(=O)[C@]2(O)c2ccc(O)cc2)ccc1O. The zero-order valence-electron chi connectivity index (χ0n) is 13.2. The standard InChI is InChI=1S/C18H15NO6/c1-25-15-9-10(2-7-14(15)21)8-13-16(22)19-17(23)18(13,24)11-3-5-12(20)6-4-11/h2-9,20-21,24H,1H3,(H,19,22,23)/b13-8-/t18-/m0/s1. The number of aliphatic hydroxyl groups is 1. The Balaban J connectivity index is 2.13. The Morgan fingerprint density at radius 1 is 1.08 bits per heavy atom. The van der Waals surface area contributed by atoms with E-state index >= 15 is 0 Å². The predicted molar refractivity (Wildman–Crippen MR) is 87.8 cm³/mol. The quantitative estimate of drug-likeness (QED) is 0.490. The maximum Gasteiger partial charge on any atom is 0.268 e. The van der Waals surface area contributed by atoms with E-state index in [2.05, 4.69) is 5.32 Å². The Kier molecular flexibility index (Phi) is 3.94. The van der Waals surface area contributed by atoms with Crippen molar-refractivity contribution < 1.29 is 29.6 Å². The first-order valence-corrected chi connectivity index (χ1v) is 7.33. The number of ether oxygens (including phenoxy) is 1. The number of rotatable bonds is 3. The number of amides is 2. The lowest BCUT2D eigenvalue weighted by molar-refractivity contribution is -0.134. The van der Waals surface area contributed by atoms with Gasteiger partial charge < -0.3 is 20.1 Å². The number of methoxy groups -OCH3 is 1. The Morgan fingerprint density at radius 2 is 1.76 bits per heavy atom. The van der Waals surface area contributed by atoms with Crippen LogP contribution in [-0.4, -0.2) is 34.2 Å². The third-order valence-corrected chi connectivity index (χ3v) is 3.99. The van der Waals surface area contributed by atoms with Gasteiger partial charge in [0, 0.05) is 0 Å². The number of carbonyl (C=O) groups excluding carboxylic acids is 2. The first kappa shape index (κ1) is 16.5. The third kappa shape index (κ3) is 2.70. The predicted octanol–water partition coefficient (Wildman–Crippen LogP) is 1.03. The molecule has 0 unspecified atom stereocenters. The van der Waals surface area contributed by atoms with Gasteiger partial charge in [-0.1, -0.05) is 18.2 Å². The van der Waals surface area contributed by atoms with Crippen molar-refractivity contribution in [1.82, 2.24) is 5.32 Å². The van der Waals surface area contributed by atoms with Crippen molar-refractivity contribution >= 4 is 17.9 Å². The first-order valence-electron chi connectivity index (χ1n) is 7.33. The minimum atomic E-state index is -2.18. The average Bonchev–Trinajstić information content (AvgIpc) is 2.81. The average molecular weight is 341 g/mol. The molecule has 4 N–H and O–H groups in total. The van der Waals surface area contributed by atoms with Crippen LogP contribution in [0.1, 0.15) is 11.1 Å². The Bertz CT molecular complexity index is 887. The van der Waals surface area contributed by atoms with E-state index in [1.807, 2.05) is 0 Å². The maximum atomic E-state index is 12.2. The summed E-state index contributed by atoms with van der Waals surface area (Å²) in [5.41, 5.74) is -1.76. The Morgan fingerprint density at radius 3 is 2.40 bits per heavy atom. The van der Waals surface area contributed by atoms with Crippen LogP contribution in [0.25, 0.3) is 6.08 Å². The highest BCUT2D eigenvalue weighted by Crippen LogP contribution is 2.37. The molecule has 2 aromatic carbocycles. The molecule has 0 radical (unpaired) electrons. The molecule has 2 amide bonds. The van der Waals surface area contributed by atoms with Crippen molar-refractivity contribution in [3.63, 3.8) is 0 Å². The second-order valence-corrected chi connectivity index (χ2v) is 5.53. The molecule has 2 aromatic rings. The highest BCUT2D eigenvalue weighted by atomic mass is 16.5. The number of benzene rings is 2. The van der Waals surface area contributed by atoms with Crippen LogP contribution in [0.5, 0.6) is 17.2 Å². The highest BCUT2D eigenvalue weighted by molar-refractivity contribution is 6.21. The number of carbonyl (C=O) groups is 2. The van der Waals surface area contributed by atoms with E-state index in [1.165, 1.54) is 55.7 Å². The molecule has 0 saturated carbocycles. The van der Waals surface area contributed by atoms with Crippen molar-refractivity contribution in [1.29, 1.82) is 0 Å². The van der Waals surface area contributed by atoms with Crippen LogP contribution >= 0.6 is 0 Å². The fraction of sp³-hybridized carbons (Fsp3) is 0.111. The maximum absolute atomic E-state index is 12.2. The molecule has 7 heteroatoms. The molecule has 0 bridgehead atoms. The molecular weight excluding hydrogens is 326 g/mol. The first-order chi connectivity index (χ1) is 11.9. The van der Waals surface area contributed by atoms with Crippen LogP contribution in [-0.2, 0) is 15.2 Å². The zero-order valence-corrected chi connectivity index (χ0v) is 13.2. The van der Waals surface area contributed by atoms with Gasteiger partial charge in [0.2, 0.25) is 0 Å². The van der Waals surface area contributed by atoms with Gasteiger partial charge in [0.05, 0.1) is 12.7 Å². The van der Waals surface area contributed by atoms with Gasteiger partial charge >= 0.3 is 0 Å². The van der Waals surface area contributed by atoms with Crippen LogP contribution in [0.2, 0.25) is 0 Å². The third-order valence-electron chi connectivity index (χ3n) is 3.99. The monoisotopic (exact) mass is 341 g/mol. The fourth-order valence-electron chi connectivity index (χ4n) is 2.66. The summed E-state index contributed by atoms with van der Waals surface area (Å²) in [5, 5.41) is 32.1. The summed E-state index contributed by atoms with van der Waals surface area (Å²) < 4.78 is 5.01. The topological polar surface area (TPSA) is 116 Å². The number of phenols is 2. The summed E-state index contributed by atoms with van der Waals surface area (Å²) >= 11 is 0. The number of nitrogens with one attached hydrogen (secondary N) is 1. The van der Waals surface area contributed by atoms with Crippen LogP contribution in [0, 0.1) is 0 Å². The lowest BCUT2D eigenvalue weighted by Crippen LogP contribution is -2.36. The molecule has 1 saturated heterocycles. The molecule has 128 valence electrons. The van der Waals surface area contributed by atoms with Gasteiger partial charge in [0.1, 0.15) is 5.75 Å². The molecule has 1 atom stereocenters. The second-order valence-electron chi connectivity index (χ2n) is 5.53. The number of hydrogen-bond donors (Lipinski definition) is 4. The van der Waals surface area contributed by atoms with E-state index in [1.54, 1.807) is 0 Å². The molecule has 0 spiro atoms. The van der Waals surface area contributed by atoms with Crippen molar-refractivity contribution in [3.05, 3.63) is 59.2 Å². The van der Waals surface area contributed by atoms with Gasteiger partial charge in [-0.15, -0.1) is 0 Å². The van der Waals surface area contributed by atoms with E-state index < -0.39 is 17.4 Å². The molecule has 3 rings (SSSR count). The summed E-state index contributed by atoms with van der Waals surface area (Å²) in [7, 11) is 1.38. The van der Waals surface area contributed by atoms with E-state index in [0.29, 0.717) is 5.56 Å². The normalized spacial score (nSPS) is 21.4. The van der Waals surface area contributed by atoms with Crippen LogP contribution in [0.3, 0.4) is 0 Å². The van der Waals surface area contributed by atoms with Gasteiger partial charge in [0.15, 0.2) is 17.1 Å².